The van der Waals surface area contributed by atoms with E-state index in [9.17, 15) is 154 Å². The summed E-state index contributed by atoms with van der Waals surface area (Å²) in [4.78, 5) is 25.8. The van der Waals surface area contributed by atoms with Crippen LogP contribution >= 0.6 is 0 Å². The van der Waals surface area contributed by atoms with Gasteiger partial charge in [-0.15, -0.1) is 0 Å². The normalized spacial score (nSPS) is 16.3. The predicted octanol–water partition coefficient (Wildman–Crippen LogP) is 12.6. The topological polar surface area (TPSA) is 58.5 Å². The Bertz CT molecular complexity index is 1980. The largest absolute Gasteiger partial charge is 0.460 e. The van der Waals surface area contributed by atoms with E-state index in [4.69, 9.17) is 0 Å². The molecule has 1 unspecified atom stereocenters. The maximum Gasteiger partial charge on any atom is 0.460 e. The highest BCUT2D eigenvalue weighted by molar-refractivity contribution is 5.99. The van der Waals surface area contributed by atoms with E-state index in [0.29, 0.717) is 6.07 Å². The molecule has 0 saturated carbocycles. The lowest BCUT2D eigenvalue weighted by molar-refractivity contribution is -0.491. The van der Waals surface area contributed by atoms with Crippen molar-refractivity contribution in [3.05, 3.63) is 29.3 Å². The van der Waals surface area contributed by atoms with Gasteiger partial charge in [0.25, 0.3) is 5.91 Å². The predicted molar refractivity (Wildman–Crippen MR) is 141 cm³/mol. The first kappa shape index (κ1) is 58.8. The summed E-state index contributed by atoms with van der Waals surface area (Å²) in [6.07, 6.45) is -10.9. The molecule has 0 heterocycles. The van der Waals surface area contributed by atoms with Crippen molar-refractivity contribution in [3.8, 4) is 0 Å². The van der Waals surface area contributed by atoms with E-state index in [1.165, 1.54) is 5.32 Å². The molecule has 1 N–H and O–H groups in total. The van der Waals surface area contributed by atoms with Crippen LogP contribution < -0.4 is 5.32 Å². The van der Waals surface area contributed by atoms with E-state index >= 15 is 0 Å². The highest BCUT2D eigenvalue weighted by atomic mass is 19.4. The van der Waals surface area contributed by atoms with Crippen LogP contribution in [-0.4, -0.2) is 113 Å². The Morgan fingerprint density at radius 3 is 1.00 bits per heavy atom. The molecule has 65 heavy (non-hydrogen) atoms. The molecule has 0 aliphatic heterocycles. The summed E-state index contributed by atoms with van der Waals surface area (Å²) < 4.78 is 456. The number of aryl methyl sites for hydroxylation is 1. The number of amides is 1. The first-order valence-electron chi connectivity index (χ1n) is 15.2. The van der Waals surface area contributed by atoms with Crippen LogP contribution in [0, 0.1) is 6.92 Å². The van der Waals surface area contributed by atoms with Crippen molar-refractivity contribution in [1.82, 2.24) is 5.32 Å². The van der Waals surface area contributed by atoms with Gasteiger partial charge in [0.05, 0.1) is 11.3 Å². The van der Waals surface area contributed by atoms with Gasteiger partial charge in [-0.25, -0.2) is 4.79 Å². The number of alkyl halides is 33. The molecule has 0 spiro atoms. The maximum atomic E-state index is 14.5. The Labute approximate surface area is 334 Å². The van der Waals surface area contributed by atoms with Gasteiger partial charge < -0.3 is 5.32 Å². The van der Waals surface area contributed by atoms with Gasteiger partial charge in [-0.05, 0) is 26.0 Å². The summed E-state index contributed by atoms with van der Waals surface area (Å²) in [5.74, 6) is -146. The smallest absolute Gasteiger partial charge is 0.349 e. The Balaban J connectivity index is 3.90. The first-order chi connectivity index (χ1) is 28.0. The molecule has 1 aromatic rings. The summed E-state index contributed by atoms with van der Waals surface area (Å²) in [5.41, 5.74) is -1.66. The molecule has 378 valence electrons. The van der Waals surface area contributed by atoms with Crippen LogP contribution in [0.3, 0.4) is 0 Å². The highest BCUT2D eigenvalue weighted by Gasteiger charge is 3.01. The number of rotatable bonds is 19. The fourth-order valence-corrected chi connectivity index (χ4v) is 4.62. The molecule has 37 heteroatoms. The molecule has 1 rings (SSSR count). The second-order valence-corrected chi connectivity index (χ2v) is 13.0. The van der Waals surface area contributed by atoms with Gasteiger partial charge in [0, 0.05) is 12.5 Å². The third-order valence-corrected chi connectivity index (χ3v) is 8.44. The summed E-state index contributed by atoms with van der Waals surface area (Å²) in [5, 5.41) is 1.19. The van der Waals surface area contributed by atoms with Crippen molar-refractivity contribution in [3.63, 3.8) is 0 Å². The van der Waals surface area contributed by atoms with Crippen molar-refractivity contribution in [2.75, 3.05) is 0 Å². The minimum atomic E-state index is -10.3. The zero-order valence-electron chi connectivity index (χ0n) is 29.8. The van der Waals surface area contributed by atoms with Gasteiger partial charge in [-0.3, -0.25) is 4.79 Å². The molecular formula is C28H13F33N2O2. The van der Waals surface area contributed by atoms with Crippen LogP contribution in [0.15, 0.2) is 23.2 Å². The molecule has 0 aromatic heterocycles. The van der Waals surface area contributed by atoms with Gasteiger partial charge in [-0.2, -0.15) is 150 Å². The van der Waals surface area contributed by atoms with Gasteiger partial charge in [-0.1, -0.05) is 11.6 Å². The number of aliphatic imine (C=N–C) groups is 1. The van der Waals surface area contributed by atoms with Crippen LogP contribution in [0.4, 0.5) is 151 Å². The minimum absolute atomic E-state index is 0.00870. The van der Waals surface area contributed by atoms with E-state index in [1.54, 1.807) is 0 Å². The Morgan fingerprint density at radius 2 is 0.738 bits per heavy atom. The monoisotopic (exact) mass is 1040 g/mol. The Morgan fingerprint density at radius 1 is 0.477 bits per heavy atom. The SMILES string of the molecule is Cc1ccc(N=C=O)c(C(=O)NC(C)CC(F)(F)C(F)(F)C(F)(F)C(F)(F)C(F)(F)C(F)(F)C(F)(F)C(F)(F)C(F)(F)C(F)(F)C(F)(F)C(F)(F)C(F)(F)C(F)(F)C(F)(F)C(F)(F)F)c1. The molecule has 0 aliphatic carbocycles. The molecule has 4 nitrogen and oxygen atoms in total. The van der Waals surface area contributed by atoms with Crippen molar-refractivity contribution in [1.29, 1.82) is 0 Å². The number of hydrogen-bond donors (Lipinski definition) is 1. The number of nitrogens with zero attached hydrogens (tertiary/aromatic N) is 1. The zero-order chi connectivity index (χ0) is 52.8. The molecule has 0 aliphatic rings. The number of carbonyl (C=O) groups excluding carboxylic acids is 2. The van der Waals surface area contributed by atoms with Crippen molar-refractivity contribution in [2.45, 2.75) is 121 Å². The van der Waals surface area contributed by atoms with Crippen molar-refractivity contribution in [2.24, 2.45) is 4.99 Å². The van der Waals surface area contributed by atoms with E-state index in [-0.39, 0.29) is 12.5 Å². The molecule has 1 amide bonds. The molecular weight excluding hydrogens is 1020 g/mol. The summed E-state index contributed by atoms with van der Waals surface area (Å²) >= 11 is 0. The van der Waals surface area contributed by atoms with Crippen LogP contribution in [0.5, 0.6) is 0 Å². The lowest BCUT2D eigenvalue weighted by Gasteiger charge is -2.47. The lowest BCUT2D eigenvalue weighted by Crippen LogP contribution is -2.80. The fraction of sp³-hybridized carbons (Fsp3) is 0.714. The quantitative estimate of drug-likeness (QED) is 0.0853. The average Bonchev–Trinajstić information content (AvgIpc) is 3.10. The first-order valence-corrected chi connectivity index (χ1v) is 15.2. The maximum absolute atomic E-state index is 14.5. The number of carbonyl (C=O) groups is 1. The lowest BCUT2D eigenvalue weighted by atomic mass is 9.82. The van der Waals surface area contributed by atoms with Crippen LogP contribution in [0.1, 0.15) is 29.3 Å². The molecule has 0 saturated heterocycles. The third-order valence-electron chi connectivity index (χ3n) is 8.44. The number of nitrogens with one attached hydrogen (secondary N) is 1. The number of hydrogen-bond acceptors (Lipinski definition) is 3. The average molecular weight is 1040 g/mol. The van der Waals surface area contributed by atoms with Gasteiger partial charge in [0.2, 0.25) is 6.08 Å². The van der Waals surface area contributed by atoms with Gasteiger partial charge in [0.1, 0.15) is 0 Å². The minimum Gasteiger partial charge on any atom is -0.349 e. The van der Waals surface area contributed by atoms with Gasteiger partial charge >= 0.3 is 95.0 Å². The summed E-state index contributed by atoms with van der Waals surface area (Å²) in [7, 11) is 0. The molecule has 1 aromatic carbocycles. The number of halogens is 33. The van der Waals surface area contributed by atoms with Crippen molar-refractivity contribution >= 4 is 17.7 Å². The second-order valence-electron chi connectivity index (χ2n) is 13.0. The third kappa shape index (κ3) is 7.81. The second kappa shape index (κ2) is 15.9. The van der Waals surface area contributed by atoms with Crippen molar-refractivity contribution < 1.29 is 154 Å². The van der Waals surface area contributed by atoms with E-state index in [0.717, 1.165) is 25.1 Å². The standard InChI is InChI=1S/C28H13F33N2O2/c1-8-3-4-11(62-7-64)10(5-8)12(65)63-9(2)6-13(29,30)14(31,32)15(33,34)16(35,36)17(37,38)18(39,40)19(41,42)20(43,44)21(45,46)22(47,48)23(49,50)24(51,52)25(53,54)26(55,56)27(57,58)28(59,60)61/h3-5,9H,6H2,1-2H3,(H,63,65). The molecule has 1 atom stereocenters. The Hall–Kier alpha value is -4.24. The zero-order valence-corrected chi connectivity index (χ0v) is 29.8. The summed E-state index contributed by atoms with van der Waals surface area (Å²) in [6.45, 7) is 1.16. The fourth-order valence-electron chi connectivity index (χ4n) is 4.62. The Kier molecular flexibility index (Phi) is 14.4. The van der Waals surface area contributed by atoms with E-state index < -0.39 is 125 Å². The molecule has 0 fully saturated rings. The summed E-state index contributed by atoms with van der Waals surface area (Å²) in [6, 6.07) is -0.384. The van der Waals surface area contributed by atoms with E-state index in [1.807, 2.05) is 0 Å². The van der Waals surface area contributed by atoms with E-state index in [2.05, 4.69) is 4.99 Å². The van der Waals surface area contributed by atoms with Crippen LogP contribution in [0.2, 0.25) is 0 Å². The molecule has 0 radical (unpaired) electrons. The number of isocyanates is 1. The number of benzene rings is 1. The van der Waals surface area contributed by atoms with Gasteiger partial charge in [0.15, 0.2) is 0 Å². The molecule has 0 bridgehead atoms. The highest BCUT2D eigenvalue weighted by Crippen LogP contribution is 2.70. The van der Waals surface area contributed by atoms with Crippen LogP contribution in [0.25, 0.3) is 0 Å². The van der Waals surface area contributed by atoms with Crippen LogP contribution in [-0.2, 0) is 4.79 Å².